The molecular weight excluding hydrogens is 335 g/mol. The van der Waals surface area contributed by atoms with Crippen LogP contribution in [0.15, 0.2) is 16.3 Å². The summed E-state index contributed by atoms with van der Waals surface area (Å²) >= 11 is 0.738. The summed E-state index contributed by atoms with van der Waals surface area (Å²) in [7, 11) is -3.55. The molecule has 1 aromatic heterocycles. The van der Waals surface area contributed by atoms with Gasteiger partial charge in [0.25, 0.3) is 0 Å². The highest BCUT2D eigenvalue weighted by molar-refractivity contribution is 7.89. The number of ether oxygens (including phenoxy) is 1. The Morgan fingerprint density at radius 1 is 1.48 bits per heavy atom. The van der Waals surface area contributed by atoms with Gasteiger partial charge in [-0.3, -0.25) is 0 Å². The van der Waals surface area contributed by atoms with Gasteiger partial charge in [0.1, 0.15) is 16.3 Å². The van der Waals surface area contributed by atoms with E-state index < -0.39 is 46.8 Å². The van der Waals surface area contributed by atoms with Gasteiger partial charge in [0, 0.05) is 6.54 Å². The number of sulfonamides is 1. The molecule has 0 fully saturated rings. The average molecular weight is 347 g/mol. The fourth-order valence-corrected chi connectivity index (χ4v) is 4.20. The molecular formula is C10H12F3NO5S2. The van der Waals surface area contributed by atoms with Crippen LogP contribution < -0.4 is 0 Å². The van der Waals surface area contributed by atoms with Crippen LogP contribution in [0.25, 0.3) is 0 Å². The Balaban J connectivity index is 3.24. The van der Waals surface area contributed by atoms with Crippen LogP contribution in [0.1, 0.15) is 9.67 Å². The summed E-state index contributed by atoms with van der Waals surface area (Å²) < 4.78 is 66.2. The first-order valence-corrected chi connectivity index (χ1v) is 7.79. The summed E-state index contributed by atoms with van der Waals surface area (Å²) in [6, 6.07) is 1.02. The number of esters is 1. The molecule has 0 unspecified atom stereocenters. The Morgan fingerprint density at radius 3 is 2.57 bits per heavy atom. The van der Waals surface area contributed by atoms with Gasteiger partial charge in [0.2, 0.25) is 10.0 Å². The molecule has 0 aliphatic carbocycles. The lowest BCUT2D eigenvalue weighted by molar-refractivity contribution is -0.136. The largest absolute Gasteiger partial charge is 0.465 e. The van der Waals surface area contributed by atoms with E-state index in [2.05, 4.69) is 4.74 Å². The zero-order valence-corrected chi connectivity index (χ0v) is 12.4. The number of thiophene rings is 1. The highest BCUT2D eigenvalue weighted by Crippen LogP contribution is 2.28. The maximum Gasteiger partial charge on any atom is 0.402 e. The first-order valence-electron chi connectivity index (χ1n) is 5.47. The second kappa shape index (κ2) is 6.73. The van der Waals surface area contributed by atoms with Gasteiger partial charge >= 0.3 is 12.1 Å². The summed E-state index contributed by atoms with van der Waals surface area (Å²) in [6.45, 7) is -3.28. The van der Waals surface area contributed by atoms with Crippen LogP contribution in [0.2, 0.25) is 0 Å². The Morgan fingerprint density at radius 2 is 2.10 bits per heavy atom. The minimum Gasteiger partial charge on any atom is -0.465 e. The van der Waals surface area contributed by atoms with E-state index in [0.717, 1.165) is 24.5 Å². The van der Waals surface area contributed by atoms with Gasteiger partial charge in [-0.2, -0.15) is 17.5 Å². The Labute approximate surface area is 122 Å². The SMILES string of the molecule is COC(=O)c1sccc1S(=O)(=O)N(CCO)CC(F)(F)F. The number of rotatable bonds is 6. The molecule has 0 saturated heterocycles. The van der Waals surface area contributed by atoms with Crippen molar-refractivity contribution in [2.24, 2.45) is 0 Å². The van der Waals surface area contributed by atoms with Crippen molar-refractivity contribution in [1.82, 2.24) is 4.31 Å². The lowest BCUT2D eigenvalue weighted by Gasteiger charge is -2.22. The first kappa shape index (κ1) is 17.9. The van der Waals surface area contributed by atoms with Crippen LogP contribution in [0, 0.1) is 0 Å². The van der Waals surface area contributed by atoms with E-state index in [9.17, 15) is 26.4 Å². The fraction of sp³-hybridized carbons (Fsp3) is 0.500. The smallest absolute Gasteiger partial charge is 0.402 e. The van der Waals surface area contributed by atoms with Crippen molar-refractivity contribution >= 4 is 27.3 Å². The van der Waals surface area contributed by atoms with Gasteiger partial charge in [0.15, 0.2) is 0 Å². The number of carbonyl (C=O) groups excluding carboxylic acids is 1. The second-order valence-electron chi connectivity index (χ2n) is 3.78. The number of aliphatic hydroxyl groups excluding tert-OH is 1. The van der Waals surface area contributed by atoms with E-state index in [0.29, 0.717) is 0 Å². The van der Waals surface area contributed by atoms with Crippen LogP contribution in [0.3, 0.4) is 0 Å². The maximum atomic E-state index is 12.4. The molecule has 1 heterocycles. The zero-order valence-electron chi connectivity index (χ0n) is 10.8. The molecule has 0 radical (unpaired) electrons. The number of alkyl halides is 3. The number of hydrogen-bond acceptors (Lipinski definition) is 6. The molecule has 21 heavy (non-hydrogen) atoms. The molecule has 1 rings (SSSR count). The van der Waals surface area contributed by atoms with Crippen LogP contribution in [-0.2, 0) is 14.8 Å². The number of aliphatic hydroxyl groups is 1. The second-order valence-corrected chi connectivity index (χ2v) is 6.61. The third-order valence-corrected chi connectivity index (χ3v) is 5.23. The zero-order chi connectivity index (χ0) is 16.3. The Bertz CT molecular complexity index is 596. The Kier molecular flexibility index (Phi) is 5.73. The van der Waals surface area contributed by atoms with E-state index in [1.165, 1.54) is 5.38 Å². The molecule has 1 aromatic rings. The Hall–Kier alpha value is -1.17. The highest BCUT2D eigenvalue weighted by Gasteiger charge is 2.38. The van der Waals surface area contributed by atoms with E-state index in [4.69, 9.17) is 5.11 Å². The van der Waals surface area contributed by atoms with Crippen molar-refractivity contribution in [2.75, 3.05) is 26.8 Å². The number of nitrogens with zero attached hydrogens (tertiary/aromatic N) is 1. The molecule has 0 spiro atoms. The predicted octanol–water partition coefficient (Wildman–Crippen LogP) is 1.08. The van der Waals surface area contributed by atoms with Crippen molar-refractivity contribution < 1.29 is 36.2 Å². The predicted molar refractivity (Wildman–Crippen MR) is 67.6 cm³/mol. The molecule has 0 aliphatic rings. The summed E-state index contributed by atoms with van der Waals surface area (Å²) in [5, 5.41) is 10.0. The fourth-order valence-electron chi connectivity index (χ4n) is 1.48. The van der Waals surface area contributed by atoms with Crippen LogP contribution in [0.4, 0.5) is 13.2 Å². The molecule has 120 valence electrons. The van der Waals surface area contributed by atoms with Gasteiger partial charge in [0.05, 0.1) is 13.7 Å². The number of methoxy groups -OCH3 is 1. The van der Waals surface area contributed by atoms with Gasteiger partial charge < -0.3 is 9.84 Å². The van der Waals surface area contributed by atoms with Crippen molar-refractivity contribution in [1.29, 1.82) is 0 Å². The topological polar surface area (TPSA) is 83.9 Å². The van der Waals surface area contributed by atoms with E-state index in [1.54, 1.807) is 0 Å². The molecule has 1 N–H and O–H groups in total. The summed E-state index contributed by atoms with van der Waals surface area (Å²) in [5.74, 6) is -0.959. The molecule has 0 atom stereocenters. The van der Waals surface area contributed by atoms with Crippen molar-refractivity contribution in [3.63, 3.8) is 0 Å². The van der Waals surface area contributed by atoms with E-state index in [-0.39, 0.29) is 9.18 Å². The third-order valence-electron chi connectivity index (χ3n) is 2.32. The van der Waals surface area contributed by atoms with Gasteiger partial charge in [-0.05, 0) is 11.4 Å². The number of hydrogen-bond donors (Lipinski definition) is 1. The van der Waals surface area contributed by atoms with E-state index >= 15 is 0 Å². The van der Waals surface area contributed by atoms with Crippen molar-refractivity contribution in [3.8, 4) is 0 Å². The van der Waals surface area contributed by atoms with Gasteiger partial charge in [-0.25, -0.2) is 13.2 Å². The minimum absolute atomic E-state index is 0.0709. The maximum absolute atomic E-state index is 12.4. The molecule has 6 nitrogen and oxygen atoms in total. The standard InChI is InChI=1S/C10H12F3NO5S2/c1-19-9(16)8-7(2-5-20-8)21(17,18)14(3-4-15)6-10(11,12)13/h2,5,15H,3-4,6H2,1H3. The number of carbonyl (C=O) groups is 1. The van der Waals surface area contributed by atoms with Crippen LogP contribution in [0.5, 0.6) is 0 Å². The first-order chi connectivity index (χ1) is 9.63. The molecule has 0 aromatic carbocycles. The molecule has 0 bridgehead atoms. The quantitative estimate of drug-likeness (QED) is 0.779. The lowest BCUT2D eigenvalue weighted by atomic mass is 10.5. The summed E-state index contributed by atoms with van der Waals surface area (Å²) in [4.78, 5) is 10.6. The highest BCUT2D eigenvalue weighted by atomic mass is 32.2. The molecule has 11 heteroatoms. The molecule has 0 amide bonds. The van der Waals surface area contributed by atoms with Gasteiger partial charge in [-0.1, -0.05) is 0 Å². The number of halogens is 3. The van der Waals surface area contributed by atoms with Crippen LogP contribution >= 0.6 is 11.3 Å². The van der Waals surface area contributed by atoms with Crippen molar-refractivity contribution in [2.45, 2.75) is 11.1 Å². The normalized spacial score (nSPS) is 12.7. The molecule has 0 saturated carbocycles. The average Bonchev–Trinajstić information content (AvgIpc) is 2.85. The lowest BCUT2D eigenvalue weighted by Crippen LogP contribution is -2.40. The van der Waals surface area contributed by atoms with Crippen LogP contribution in [-0.4, -0.2) is 56.8 Å². The van der Waals surface area contributed by atoms with E-state index in [1.807, 2.05) is 0 Å². The monoisotopic (exact) mass is 347 g/mol. The summed E-state index contributed by atoms with van der Waals surface area (Å²) in [5.41, 5.74) is 0. The van der Waals surface area contributed by atoms with Crippen molar-refractivity contribution in [3.05, 3.63) is 16.3 Å². The third kappa shape index (κ3) is 4.40. The molecule has 0 aliphatic heterocycles. The minimum atomic E-state index is -4.77. The van der Waals surface area contributed by atoms with Gasteiger partial charge in [-0.15, -0.1) is 11.3 Å². The summed E-state index contributed by atoms with van der Waals surface area (Å²) in [6.07, 6.45) is -4.77.